The molecule has 7 rings (SSSR count). The number of halogens is 3. The fourth-order valence-corrected chi connectivity index (χ4v) is 7.83. The van der Waals surface area contributed by atoms with Crippen molar-refractivity contribution < 1.29 is 27.8 Å². The van der Waals surface area contributed by atoms with Crippen molar-refractivity contribution in [3.05, 3.63) is 66.0 Å². The topological polar surface area (TPSA) is 106 Å². The van der Waals surface area contributed by atoms with Gasteiger partial charge in [-0.05, 0) is 74.0 Å². The van der Waals surface area contributed by atoms with Crippen LogP contribution in [0.4, 0.5) is 19.0 Å². The van der Waals surface area contributed by atoms with Gasteiger partial charge in [0.2, 0.25) is 0 Å². The molecule has 9 nitrogen and oxygen atoms in total. The molecule has 1 atom stereocenters. The lowest BCUT2D eigenvalue weighted by Crippen LogP contribution is -2.55. The smallest absolute Gasteiger partial charge is 0.319 e. The van der Waals surface area contributed by atoms with E-state index in [0.717, 1.165) is 38.8 Å². The van der Waals surface area contributed by atoms with Gasteiger partial charge >= 0.3 is 6.01 Å². The Labute approximate surface area is 281 Å². The second-order valence-corrected chi connectivity index (χ2v) is 12.9. The minimum absolute atomic E-state index is 0.0293. The number of phenols is 1. The zero-order valence-corrected chi connectivity index (χ0v) is 26.7. The number of rotatable bonds is 7. The van der Waals surface area contributed by atoms with Crippen LogP contribution in [-0.2, 0) is 4.79 Å². The van der Waals surface area contributed by atoms with Gasteiger partial charge in [0.15, 0.2) is 11.6 Å². The van der Waals surface area contributed by atoms with Gasteiger partial charge in [0.1, 0.15) is 29.5 Å². The van der Waals surface area contributed by atoms with Crippen LogP contribution in [0.2, 0.25) is 0 Å². The molecule has 3 saturated heterocycles. The van der Waals surface area contributed by atoms with Gasteiger partial charge < -0.3 is 19.6 Å². The second kappa shape index (κ2) is 12.6. The summed E-state index contributed by atoms with van der Waals surface area (Å²) in [4.78, 5) is 27.4. The Morgan fingerprint density at radius 3 is 2.59 bits per heavy atom. The summed E-state index contributed by atoms with van der Waals surface area (Å²) in [6.07, 6.45) is 9.66. The lowest BCUT2D eigenvalue weighted by atomic mass is 9.93. The van der Waals surface area contributed by atoms with Gasteiger partial charge in [-0.25, -0.2) is 13.2 Å². The summed E-state index contributed by atoms with van der Waals surface area (Å²) in [6, 6.07) is 9.90. The average Bonchev–Trinajstić information content (AvgIpc) is 3.68. The number of fused-ring (bicyclic) bond motifs is 3. The summed E-state index contributed by atoms with van der Waals surface area (Å²) in [5, 5.41) is 21.1. The van der Waals surface area contributed by atoms with E-state index in [1.54, 1.807) is 6.07 Å². The van der Waals surface area contributed by atoms with E-state index in [0.29, 0.717) is 23.2 Å². The second-order valence-electron chi connectivity index (χ2n) is 12.9. The molecular weight excluding hydrogens is 633 g/mol. The summed E-state index contributed by atoms with van der Waals surface area (Å²) < 4.78 is 52.0. The molecule has 4 aromatic rings. The highest BCUT2D eigenvalue weighted by Crippen LogP contribution is 2.42. The molecule has 0 spiro atoms. The highest BCUT2D eigenvalue weighted by molar-refractivity contribution is 6.04. The van der Waals surface area contributed by atoms with E-state index in [1.807, 2.05) is 4.90 Å². The van der Waals surface area contributed by atoms with Crippen LogP contribution in [0.25, 0.3) is 32.8 Å². The molecule has 1 amide bonds. The van der Waals surface area contributed by atoms with E-state index in [-0.39, 0.29) is 70.9 Å². The van der Waals surface area contributed by atoms with E-state index >= 15 is 4.39 Å². The largest absolute Gasteiger partial charge is 0.508 e. The predicted octanol–water partition coefficient (Wildman–Crippen LogP) is 5.84. The minimum Gasteiger partial charge on any atom is -0.508 e. The third-order valence-corrected chi connectivity index (χ3v) is 10.1. The van der Waals surface area contributed by atoms with Crippen molar-refractivity contribution in [1.82, 2.24) is 19.8 Å². The minimum atomic E-state index is -1.12. The Bertz CT molecular complexity index is 2100. The number of aromatic nitrogens is 2. The van der Waals surface area contributed by atoms with E-state index in [4.69, 9.17) is 16.1 Å². The van der Waals surface area contributed by atoms with Gasteiger partial charge in [0, 0.05) is 36.0 Å². The lowest BCUT2D eigenvalue weighted by molar-refractivity contribution is -0.131. The first kappa shape index (κ1) is 32.2. The fourth-order valence-electron chi connectivity index (χ4n) is 7.83. The van der Waals surface area contributed by atoms with Gasteiger partial charge in [-0.2, -0.15) is 15.2 Å². The van der Waals surface area contributed by atoms with Crippen LogP contribution >= 0.6 is 0 Å². The predicted molar refractivity (Wildman–Crippen MR) is 178 cm³/mol. The molecule has 0 radical (unpaired) electrons. The molecule has 0 aliphatic carbocycles. The van der Waals surface area contributed by atoms with Crippen LogP contribution in [0.3, 0.4) is 0 Å². The van der Waals surface area contributed by atoms with Gasteiger partial charge in [0.05, 0.1) is 29.6 Å². The number of aromatic hydroxyl groups is 1. The van der Waals surface area contributed by atoms with Crippen molar-refractivity contribution in [2.24, 2.45) is 0 Å². The van der Waals surface area contributed by atoms with Gasteiger partial charge in [-0.1, -0.05) is 24.6 Å². The summed E-state index contributed by atoms with van der Waals surface area (Å²) in [7, 11) is 0. The number of carbonyl (C=O) groups is 1. The monoisotopic (exact) mass is 666 g/mol. The maximum atomic E-state index is 16.9. The summed E-state index contributed by atoms with van der Waals surface area (Å²) in [6.45, 7) is 5.81. The van der Waals surface area contributed by atoms with Gasteiger partial charge in [0.25, 0.3) is 5.91 Å². The number of nitriles is 1. The molecule has 1 aromatic heterocycles. The number of benzene rings is 3. The SMILES string of the molecule is C#Cc1c(F)ccc2cc(O)cc(-c3ccc4c(N5CCN(C(=O)C(=C)F)[C@@H](CC#N)C5)nc(OCC56CCCN5CCC6)nc4c3F)c12. The van der Waals surface area contributed by atoms with Crippen molar-refractivity contribution in [2.45, 2.75) is 43.7 Å². The average molecular weight is 667 g/mol. The maximum absolute atomic E-state index is 16.9. The zero-order valence-electron chi connectivity index (χ0n) is 26.7. The van der Waals surface area contributed by atoms with Crippen molar-refractivity contribution >= 4 is 33.4 Å². The number of piperazine rings is 1. The van der Waals surface area contributed by atoms with Gasteiger partial charge in [-0.3, -0.25) is 9.69 Å². The molecular formula is C37H33F3N6O3. The van der Waals surface area contributed by atoms with Crippen molar-refractivity contribution in [3.8, 4) is 41.3 Å². The number of phenolic OH excluding ortho intramolecular Hbond substituents is 1. The normalized spacial score (nSPS) is 18.8. The van der Waals surface area contributed by atoms with Crippen LogP contribution in [0, 0.1) is 35.3 Å². The summed E-state index contributed by atoms with van der Waals surface area (Å²) in [5.74, 6) is -0.891. The first-order chi connectivity index (χ1) is 23.6. The van der Waals surface area contributed by atoms with Crippen molar-refractivity contribution in [3.63, 3.8) is 0 Å². The molecule has 3 fully saturated rings. The van der Waals surface area contributed by atoms with E-state index < -0.39 is 29.4 Å². The van der Waals surface area contributed by atoms with Crippen LogP contribution in [-0.4, -0.2) is 81.7 Å². The van der Waals surface area contributed by atoms with Gasteiger partial charge in [-0.15, -0.1) is 6.42 Å². The van der Waals surface area contributed by atoms with E-state index in [1.165, 1.54) is 35.2 Å². The standard InChI is InChI=1S/C37H33F3N6O3/c1-3-26-30(39)9-6-23-18-25(47)19-29(31(23)26)27-7-8-28-33(32(27)40)42-36(49-21-37-11-4-14-45(37)15-5-12-37)43-34(28)44-16-17-46(35(48)22(2)38)24(20-44)10-13-41/h1,6-9,18-19,24,47H,2,4-5,10-12,14-17,20-21H2/t24-/m0/s1. The Balaban J connectivity index is 1.36. The highest BCUT2D eigenvalue weighted by atomic mass is 19.1. The van der Waals surface area contributed by atoms with Crippen LogP contribution in [0.1, 0.15) is 37.7 Å². The molecule has 0 unspecified atom stereocenters. The molecule has 0 bridgehead atoms. The summed E-state index contributed by atoms with van der Waals surface area (Å²) in [5.41, 5.74) is -0.0749. The molecule has 1 N–H and O–H groups in total. The number of hydrogen-bond donors (Lipinski definition) is 1. The fraction of sp³-hybridized carbons (Fsp3) is 0.351. The zero-order chi connectivity index (χ0) is 34.4. The molecule has 3 aromatic carbocycles. The Morgan fingerprint density at radius 1 is 1.10 bits per heavy atom. The number of nitrogens with zero attached hydrogens (tertiary/aromatic N) is 6. The first-order valence-electron chi connectivity index (χ1n) is 16.2. The highest BCUT2D eigenvalue weighted by Gasteiger charge is 2.45. The first-order valence-corrected chi connectivity index (χ1v) is 16.2. The molecule has 12 heteroatoms. The number of anilines is 1. The number of terminal acetylenes is 1. The Morgan fingerprint density at radius 2 is 1.88 bits per heavy atom. The van der Waals surface area contributed by atoms with Crippen LogP contribution in [0.15, 0.2) is 48.8 Å². The number of ether oxygens (including phenoxy) is 1. The van der Waals surface area contributed by atoms with Crippen LogP contribution < -0.4 is 9.64 Å². The number of amides is 1. The van der Waals surface area contributed by atoms with Crippen molar-refractivity contribution in [1.29, 1.82) is 5.26 Å². The van der Waals surface area contributed by atoms with Crippen molar-refractivity contribution in [2.75, 3.05) is 44.2 Å². The molecule has 4 heterocycles. The molecule has 3 aliphatic rings. The van der Waals surface area contributed by atoms with E-state index in [9.17, 15) is 23.9 Å². The quantitative estimate of drug-likeness (QED) is 0.194. The number of hydrogen-bond acceptors (Lipinski definition) is 8. The summed E-state index contributed by atoms with van der Waals surface area (Å²) >= 11 is 0. The Hall–Kier alpha value is -5.33. The molecule has 3 aliphatic heterocycles. The Kier molecular flexibility index (Phi) is 8.29. The third-order valence-electron chi connectivity index (χ3n) is 10.1. The third kappa shape index (κ3) is 5.56. The van der Waals surface area contributed by atoms with Crippen LogP contribution in [0.5, 0.6) is 11.8 Å². The lowest BCUT2D eigenvalue weighted by Gasteiger charge is -2.41. The molecule has 49 heavy (non-hydrogen) atoms. The van der Waals surface area contributed by atoms with E-state index in [2.05, 4.69) is 28.5 Å². The molecule has 0 saturated carbocycles. The number of carbonyl (C=O) groups excluding carboxylic acids is 1. The maximum Gasteiger partial charge on any atom is 0.319 e. The molecule has 250 valence electrons.